The van der Waals surface area contributed by atoms with Gasteiger partial charge in [0.05, 0.1) is 19.8 Å². The molecule has 0 spiro atoms. The molecule has 0 saturated carbocycles. The standard InChI is InChI=1S/C52H88NO9P/c1-3-5-7-9-11-13-15-17-19-21-22-23-24-25-26-27-29-31-33-35-37-39-41-43-45-59-46-49(47-60-63(57,58)61-48-50(53)52(55)56)62-51(54)44-42-40-38-36-34-32-30-28-20-18-16-14-12-10-8-6-4-2/h5,7,11,13,17-20,22-23,25-26,29,31,35,37,49-50H,3-4,6,8-10,12,14-16,21,24,27-28,30,32-34,36,38-48,53H2,1-2H3,(H,55,56)(H,57,58)/b7-5-,13-11-,19-17-,20-18-,23-22-,26-25-,31-29-,37-35-. The summed E-state index contributed by atoms with van der Waals surface area (Å²) in [5.74, 6) is -1.81. The Morgan fingerprint density at radius 1 is 0.524 bits per heavy atom. The van der Waals surface area contributed by atoms with Crippen LogP contribution in [0.4, 0.5) is 0 Å². The Kier molecular flexibility index (Phi) is 44.6. The van der Waals surface area contributed by atoms with Gasteiger partial charge in [-0.2, -0.15) is 0 Å². The molecule has 0 amide bonds. The van der Waals surface area contributed by atoms with Crippen LogP contribution in [-0.2, 0) is 32.7 Å². The topological polar surface area (TPSA) is 155 Å². The molecule has 3 atom stereocenters. The van der Waals surface area contributed by atoms with Gasteiger partial charge in [-0.3, -0.25) is 18.6 Å². The number of nitrogens with two attached hydrogens (primary N) is 1. The van der Waals surface area contributed by atoms with Crippen molar-refractivity contribution >= 4 is 19.8 Å². The Labute approximate surface area is 383 Å². The number of carboxylic acid groups (broad SMARTS) is 1. The molecule has 10 nitrogen and oxygen atoms in total. The number of carbonyl (C=O) groups excluding carboxylic acids is 1. The van der Waals surface area contributed by atoms with Crippen LogP contribution in [0.1, 0.15) is 181 Å². The molecule has 0 heterocycles. The number of phosphoric ester groups is 1. The molecule has 0 radical (unpaired) electrons. The lowest BCUT2D eigenvalue weighted by Gasteiger charge is -2.20. The maximum Gasteiger partial charge on any atom is 0.472 e. The monoisotopic (exact) mass is 902 g/mol. The van der Waals surface area contributed by atoms with Gasteiger partial charge in [-0.05, 0) is 96.3 Å². The van der Waals surface area contributed by atoms with Crippen molar-refractivity contribution < 1.29 is 42.7 Å². The summed E-state index contributed by atoms with van der Waals surface area (Å²) in [5, 5.41) is 8.92. The smallest absolute Gasteiger partial charge is 0.472 e. The van der Waals surface area contributed by atoms with E-state index in [2.05, 4.69) is 111 Å². The van der Waals surface area contributed by atoms with Crippen molar-refractivity contribution in [1.82, 2.24) is 0 Å². The van der Waals surface area contributed by atoms with Crippen LogP contribution in [-0.4, -0.2) is 60.5 Å². The zero-order valence-electron chi connectivity index (χ0n) is 39.4. The molecule has 3 unspecified atom stereocenters. The van der Waals surface area contributed by atoms with E-state index in [0.29, 0.717) is 13.0 Å². The van der Waals surface area contributed by atoms with Crippen molar-refractivity contribution in [3.63, 3.8) is 0 Å². The number of carboxylic acids is 1. The number of aliphatic carboxylic acids is 1. The fourth-order valence-corrected chi connectivity index (χ4v) is 6.88. The van der Waals surface area contributed by atoms with Crippen LogP contribution in [0, 0.1) is 0 Å². The summed E-state index contributed by atoms with van der Waals surface area (Å²) in [7, 11) is -4.64. The SMILES string of the molecule is CC/C=C\C/C=C\C/C=C\C/C=C\C/C=C\C/C=C\C/C=C\CCCCOCC(COP(=O)(O)OCC(N)C(=O)O)OC(=O)CCCCCCCCC/C=C\CCCCCCCC. The van der Waals surface area contributed by atoms with E-state index in [4.69, 9.17) is 29.4 Å². The van der Waals surface area contributed by atoms with Gasteiger partial charge in [-0.15, -0.1) is 0 Å². The number of allylic oxidation sites excluding steroid dienone is 16. The van der Waals surface area contributed by atoms with Crippen molar-refractivity contribution in [3.8, 4) is 0 Å². The summed E-state index contributed by atoms with van der Waals surface area (Å²) in [4.78, 5) is 33.6. The molecule has 63 heavy (non-hydrogen) atoms. The Morgan fingerprint density at radius 3 is 1.40 bits per heavy atom. The molecule has 0 aliphatic carbocycles. The van der Waals surface area contributed by atoms with Crippen LogP contribution < -0.4 is 5.73 Å². The van der Waals surface area contributed by atoms with Crippen LogP contribution >= 0.6 is 7.82 Å². The molecule has 0 bridgehead atoms. The number of carbonyl (C=O) groups is 2. The average molecular weight is 902 g/mol. The molecule has 0 aromatic rings. The quantitative estimate of drug-likeness (QED) is 0.0233. The van der Waals surface area contributed by atoms with Crippen molar-refractivity contribution in [2.75, 3.05) is 26.4 Å². The summed E-state index contributed by atoms with van der Waals surface area (Å²) in [5.41, 5.74) is 5.36. The summed E-state index contributed by atoms with van der Waals surface area (Å²) < 4.78 is 33.4. The summed E-state index contributed by atoms with van der Waals surface area (Å²) >= 11 is 0. The predicted octanol–water partition coefficient (Wildman–Crippen LogP) is 14.1. The molecular weight excluding hydrogens is 814 g/mol. The largest absolute Gasteiger partial charge is 0.480 e. The number of phosphoric acid groups is 1. The number of rotatable bonds is 45. The Morgan fingerprint density at radius 2 is 0.921 bits per heavy atom. The molecule has 360 valence electrons. The highest BCUT2D eigenvalue weighted by Gasteiger charge is 2.27. The maximum atomic E-state index is 12.7. The lowest BCUT2D eigenvalue weighted by Crippen LogP contribution is -2.34. The summed E-state index contributed by atoms with van der Waals surface area (Å²) in [6.07, 6.45) is 61.8. The molecule has 0 aliphatic rings. The highest BCUT2D eigenvalue weighted by atomic mass is 31.2. The number of hydrogen-bond acceptors (Lipinski definition) is 8. The Hall–Kier alpha value is -3.11. The van der Waals surface area contributed by atoms with Crippen molar-refractivity contribution in [1.29, 1.82) is 0 Å². The minimum absolute atomic E-state index is 0.0207. The van der Waals surface area contributed by atoms with E-state index in [1.54, 1.807) is 0 Å². The first-order chi connectivity index (χ1) is 30.7. The Bertz CT molecular complexity index is 1370. The van der Waals surface area contributed by atoms with E-state index < -0.39 is 45.1 Å². The van der Waals surface area contributed by atoms with Gasteiger partial charge in [0, 0.05) is 13.0 Å². The second-order valence-electron chi connectivity index (χ2n) is 15.9. The van der Waals surface area contributed by atoms with Gasteiger partial charge in [-0.25, -0.2) is 4.57 Å². The second kappa shape index (κ2) is 46.9. The highest BCUT2D eigenvalue weighted by molar-refractivity contribution is 7.47. The number of esters is 1. The molecular formula is C52H88NO9P. The van der Waals surface area contributed by atoms with Gasteiger partial charge >= 0.3 is 19.8 Å². The number of ether oxygens (including phenoxy) is 2. The van der Waals surface area contributed by atoms with Gasteiger partial charge in [0.15, 0.2) is 0 Å². The van der Waals surface area contributed by atoms with Gasteiger partial charge < -0.3 is 25.2 Å². The predicted molar refractivity (Wildman–Crippen MR) is 263 cm³/mol. The lowest BCUT2D eigenvalue weighted by atomic mass is 10.1. The molecule has 4 N–H and O–H groups in total. The zero-order chi connectivity index (χ0) is 46.2. The fraction of sp³-hybridized carbons (Fsp3) is 0.654. The minimum atomic E-state index is -4.64. The van der Waals surface area contributed by atoms with Gasteiger partial charge in [0.25, 0.3) is 0 Å². The van der Waals surface area contributed by atoms with Crippen LogP contribution in [0.15, 0.2) is 97.2 Å². The molecule has 11 heteroatoms. The summed E-state index contributed by atoms with van der Waals surface area (Å²) in [6.45, 7) is 3.64. The average Bonchev–Trinajstić information content (AvgIpc) is 3.26. The first-order valence-electron chi connectivity index (χ1n) is 24.3. The van der Waals surface area contributed by atoms with Crippen LogP contribution in [0.3, 0.4) is 0 Å². The van der Waals surface area contributed by atoms with E-state index in [-0.39, 0.29) is 13.0 Å². The van der Waals surface area contributed by atoms with Crippen LogP contribution in [0.2, 0.25) is 0 Å². The maximum absolute atomic E-state index is 12.7. The van der Waals surface area contributed by atoms with E-state index in [1.165, 1.54) is 64.2 Å². The van der Waals surface area contributed by atoms with Crippen molar-refractivity contribution in [2.45, 2.75) is 193 Å². The third-order valence-corrected chi connectivity index (χ3v) is 10.8. The molecule has 0 aromatic heterocycles. The van der Waals surface area contributed by atoms with Gasteiger partial charge in [0.2, 0.25) is 0 Å². The normalized spacial score (nSPS) is 14.6. The molecule has 0 aromatic carbocycles. The summed E-state index contributed by atoms with van der Waals surface area (Å²) in [6, 6.07) is -1.49. The molecule has 0 aliphatic heterocycles. The number of unbranched alkanes of at least 4 members (excludes halogenated alkanes) is 15. The lowest BCUT2D eigenvalue weighted by molar-refractivity contribution is -0.154. The van der Waals surface area contributed by atoms with E-state index in [0.717, 1.165) is 89.9 Å². The van der Waals surface area contributed by atoms with Crippen LogP contribution in [0.5, 0.6) is 0 Å². The minimum Gasteiger partial charge on any atom is -0.480 e. The third kappa shape index (κ3) is 46.7. The van der Waals surface area contributed by atoms with E-state index in [9.17, 15) is 19.0 Å². The molecule has 0 saturated heterocycles. The van der Waals surface area contributed by atoms with E-state index in [1.807, 2.05) is 0 Å². The van der Waals surface area contributed by atoms with Crippen LogP contribution in [0.25, 0.3) is 0 Å². The zero-order valence-corrected chi connectivity index (χ0v) is 40.3. The molecule has 0 rings (SSSR count). The van der Waals surface area contributed by atoms with E-state index >= 15 is 0 Å². The first-order valence-corrected chi connectivity index (χ1v) is 25.8. The van der Waals surface area contributed by atoms with Gasteiger partial charge in [-0.1, -0.05) is 175 Å². The first kappa shape index (κ1) is 59.9. The van der Waals surface area contributed by atoms with Gasteiger partial charge in [0.1, 0.15) is 12.1 Å². The number of hydrogen-bond donors (Lipinski definition) is 3. The fourth-order valence-electron chi connectivity index (χ4n) is 6.11. The van der Waals surface area contributed by atoms with Crippen molar-refractivity contribution in [3.05, 3.63) is 97.2 Å². The second-order valence-corrected chi connectivity index (χ2v) is 17.3. The molecule has 0 fully saturated rings. The highest BCUT2D eigenvalue weighted by Crippen LogP contribution is 2.43. The third-order valence-electron chi connectivity index (χ3n) is 9.85. The van der Waals surface area contributed by atoms with Crippen molar-refractivity contribution in [2.24, 2.45) is 5.73 Å². The Balaban J connectivity index is 4.30.